The standard InChI is InChI=1S/C12H14O4/c1-3-11(13)15-9-5-7-10(8-6-9)16-12(14)4-2/h5-8H,3-4H2,1-2H3. The maximum Gasteiger partial charge on any atom is 0.310 e. The fourth-order valence-corrected chi connectivity index (χ4v) is 0.983. The Balaban J connectivity index is 2.60. The first-order valence-electron chi connectivity index (χ1n) is 5.17. The topological polar surface area (TPSA) is 52.6 Å². The van der Waals surface area contributed by atoms with E-state index in [1.165, 1.54) is 0 Å². The van der Waals surface area contributed by atoms with Gasteiger partial charge in [-0.25, -0.2) is 0 Å². The van der Waals surface area contributed by atoms with Crippen molar-refractivity contribution in [3.63, 3.8) is 0 Å². The molecule has 0 atom stereocenters. The summed E-state index contributed by atoms with van der Waals surface area (Å²) in [4.78, 5) is 22.0. The van der Waals surface area contributed by atoms with Gasteiger partial charge in [0.05, 0.1) is 0 Å². The molecule has 0 heterocycles. The van der Waals surface area contributed by atoms with E-state index in [-0.39, 0.29) is 11.9 Å². The molecule has 0 fully saturated rings. The Bertz CT molecular complexity index is 330. The molecule has 0 aliphatic heterocycles. The summed E-state index contributed by atoms with van der Waals surface area (Å²) in [5, 5.41) is 0. The molecular formula is C12H14O4. The molecule has 0 aromatic heterocycles. The van der Waals surface area contributed by atoms with Crippen LogP contribution in [0.5, 0.6) is 11.5 Å². The van der Waals surface area contributed by atoms with Gasteiger partial charge in [-0.15, -0.1) is 0 Å². The quantitative estimate of drug-likeness (QED) is 0.579. The minimum atomic E-state index is -0.293. The van der Waals surface area contributed by atoms with Gasteiger partial charge >= 0.3 is 11.9 Å². The molecule has 4 nitrogen and oxygen atoms in total. The minimum Gasteiger partial charge on any atom is -0.427 e. The van der Waals surface area contributed by atoms with Crippen LogP contribution in [0.25, 0.3) is 0 Å². The smallest absolute Gasteiger partial charge is 0.310 e. The molecule has 0 spiro atoms. The molecule has 4 heteroatoms. The van der Waals surface area contributed by atoms with Crippen LogP contribution in [0.15, 0.2) is 24.3 Å². The van der Waals surface area contributed by atoms with Crippen LogP contribution in [0.4, 0.5) is 0 Å². The number of esters is 2. The molecule has 1 aromatic rings. The number of ether oxygens (including phenoxy) is 2. The lowest BCUT2D eigenvalue weighted by Gasteiger charge is -2.04. The summed E-state index contributed by atoms with van der Waals surface area (Å²) < 4.78 is 9.94. The van der Waals surface area contributed by atoms with Crippen LogP contribution in [-0.4, -0.2) is 11.9 Å². The summed E-state index contributed by atoms with van der Waals surface area (Å²) in [7, 11) is 0. The van der Waals surface area contributed by atoms with Crippen molar-refractivity contribution < 1.29 is 19.1 Å². The molecule has 0 saturated carbocycles. The predicted octanol–water partition coefficient (Wildman–Crippen LogP) is 2.32. The molecule has 0 unspecified atom stereocenters. The third kappa shape index (κ3) is 3.73. The average Bonchev–Trinajstić information content (AvgIpc) is 2.31. The molecular weight excluding hydrogens is 208 g/mol. The lowest BCUT2D eigenvalue weighted by Crippen LogP contribution is -2.06. The molecule has 0 N–H and O–H groups in total. The Morgan fingerprint density at radius 3 is 1.44 bits per heavy atom. The third-order valence-electron chi connectivity index (χ3n) is 1.86. The first kappa shape index (κ1) is 12.2. The lowest BCUT2D eigenvalue weighted by molar-refractivity contribution is -0.135. The van der Waals surface area contributed by atoms with E-state index in [9.17, 15) is 9.59 Å². The van der Waals surface area contributed by atoms with Crippen LogP contribution in [0.2, 0.25) is 0 Å². The largest absolute Gasteiger partial charge is 0.427 e. The maximum absolute atomic E-state index is 11.0. The van der Waals surface area contributed by atoms with Crippen molar-refractivity contribution in [1.82, 2.24) is 0 Å². The van der Waals surface area contributed by atoms with E-state index in [0.29, 0.717) is 24.3 Å². The lowest BCUT2D eigenvalue weighted by atomic mass is 10.3. The van der Waals surface area contributed by atoms with Gasteiger partial charge in [-0.1, -0.05) is 13.8 Å². The summed E-state index contributed by atoms with van der Waals surface area (Å²) in [6.07, 6.45) is 0.652. The number of hydrogen-bond donors (Lipinski definition) is 0. The summed E-state index contributed by atoms with van der Waals surface area (Å²) >= 11 is 0. The van der Waals surface area contributed by atoms with Gasteiger partial charge in [0, 0.05) is 12.8 Å². The van der Waals surface area contributed by atoms with Crippen LogP contribution >= 0.6 is 0 Å². The summed E-state index contributed by atoms with van der Waals surface area (Å²) in [6.45, 7) is 3.44. The van der Waals surface area contributed by atoms with Gasteiger partial charge in [0.2, 0.25) is 0 Å². The SMILES string of the molecule is CCC(=O)Oc1ccc(OC(=O)CC)cc1. The highest BCUT2D eigenvalue weighted by Crippen LogP contribution is 2.18. The molecule has 16 heavy (non-hydrogen) atoms. The zero-order valence-corrected chi connectivity index (χ0v) is 9.36. The second kappa shape index (κ2) is 5.90. The molecule has 0 aliphatic carbocycles. The molecule has 1 rings (SSSR count). The van der Waals surface area contributed by atoms with E-state index in [2.05, 4.69) is 0 Å². The van der Waals surface area contributed by atoms with Gasteiger partial charge in [0.15, 0.2) is 0 Å². The van der Waals surface area contributed by atoms with Gasteiger partial charge in [-0.05, 0) is 24.3 Å². The molecule has 0 bridgehead atoms. The van der Waals surface area contributed by atoms with E-state index in [1.54, 1.807) is 38.1 Å². The molecule has 0 amide bonds. The summed E-state index contributed by atoms with van der Waals surface area (Å²) in [5.41, 5.74) is 0. The molecule has 1 aromatic carbocycles. The Labute approximate surface area is 94.2 Å². The van der Waals surface area contributed by atoms with Crippen LogP contribution in [0, 0.1) is 0 Å². The zero-order valence-electron chi connectivity index (χ0n) is 9.36. The average molecular weight is 222 g/mol. The van der Waals surface area contributed by atoms with Crippen molar-refractivity contribution in [3.05, 3.63) is 24.3 Å². The van der Waals surface area contributed by atoms with Crippen LogP contribution in [0.1, 0.15) is 26.7 Å². The second-order valence-corrected chi connectivity index (χ2v) is 3.13. The Hall–Kier alpha value is -1.84. The van der Waals surface area contributed by atoms with E-state index >= 15 is 0 Å². The predicted molar refractivity (Wildman–Crippen MR) is 58.3 cm³/mol. The zero-order chi connectivity index (χ0) is 12.0. The molecule has 0 radical (unpaired) electrons. The van der Waals surface area contributed by atoms with Gasteiger partial charge in [0.25, 0.3) is 0 Å². The van der Waals surface area contributed by atoms with Crippen molar-refractivity contribution in [2.45, 2.75) is 26.7 Å². The van der Waals surface area contributed by atoms with E-state index in [0.717, 1.165) is 0 Å². The van der Waals surface area contributed by atoms with Crippen molar-refractivity contribution in [2.24, 2.45) is 0 Å². The third-order valence-corrected chi connectivity index (χ3v) is 1.86. The van der Waals surface area contributed by atoms with Crippen molar-refractivity contribution in [1.29, 1.82) is 0 Å². The highest BCUT2D eigenvalue weighted by atomic mass is 16.5. The number of benzene rings is 1. The number of carbonyl (C=O) groups is 2. The van der Waals surface area contributed by atoms with Gasteiger partial charge in [-0.2, -0.15) is 0 Å². The highest BCUT2D eigenvalue weighted by Gasteiger charge is 2.04. The van der Waals surface area contributed by atoms with E-state index in [4.69, 9.17) is 9.47 Å². The molecule has 0 aliphatic rings. The maximum atomic E-state index is 11.0. The summed E-state index contributed by atoms with van der Waals surface area (Å²) in [5.74, 6) is 0.308. The fraction of sp³-hybridized carbons (Fsp3) is 0.333. The van der Waals surface area contributed by atoms with E-state index in [1.807, 2.05) is 0 Å². The van der Waals surface area contributed by atoms with Gasteiger partial charge in [-0.3, -0.25) is 9.59 Å². The Kier molecular flexibility index (Phi) is 4.51. The van der Waals surface area contributed by atoms with Crippen molar-refractivity contribution >= 4 is 11.9 Å². The van der Waals surface area contributed by atoms with Crippen LogP contribution in [0.3, 0.4) is 0 Å². The minimum absolute atomic E-state index is 0.293. The van der Waals surface area contributed by atoms with Crippen molar-refractivity contribution in [3.8, 4) is 11.5 Å². The van der Waals surface area contributed by atoms with Gasteiger partial charge < -0.3 is 9.47 Å². The Morgan fingerprint density at radius 2 is 1.19 bits per heavy atom. The number of hydrogen-bond acceptors (Lipinski definition) is 4. The fourth-order valence-electron chi connectivity index (χ4n) is 0.983. The normalized spacial score (nSPS) is 9.62. The van der Waals surface area contributed by atoms with Crippen LogP contribution in [-0.2, 0) is 9.59 Å². The molecule has 0 saturated heterocycles. The highest BCUT2D eigenvalue weighted by molar-refractivity contribution is 5.73. The molecule has 86 valence electrons. The van der Waals surface area contributed by atoms with Gasteiger partial charge in [0.1, 0.15) is 11.5 Å². The summed E-state index contributed by atoms with van der Waals surface area (Å²) in [6, 6.07) is 6.36. The van der Waals surface area contributed by atoms with E-state index < -0.39 is 0 Å². The number of carbonyl (C=O) groups excluding carboxylic acids is 2. The first-order chi connectivity index (χ1) is 7.65. The first-order valence-corrected chi connectivity index (χ1v) is 5.17. The van der Waals surface area contributed by atoms with Crippen molar-refractivity contribution in [2.75, 3.05) is 0 Å². The van der Waals surface area contributed by atoms with Crippen LogP contribution < -0.4 is 9.47 Å². The Morgan fingerprint density at radius 1 is 0.875 bits per heavy atom. The number of rotatable bonds is 4. The second-order valence-electron chi connectivity index (χ2n) is 3.13. The monoisotopic (exact) mass is 222 g/mol.